The molecule has 0 fully saturated rings. The molecule has 2 amide bonds. The second-order valence-corrected chi connectivity index (χ2v) is 6.12. The number of nitrogens with one attached hydrogen (secondary N) is 3. The van der Waals surface area contributed by atoms with E-state index in [1.54, 1.807) is 36.4 Å². The summed E-state index contributed by atoms with van der Waals surface area (Å²) in [6.45, 7) is 0. The minimum absolute atomic E-state index is 0.187. The molecule has 0 aliphatic heterocycles. The largest absolute Gasteiger partial charge is 0.459 e. The lowest BCUT2D eigenvalue weighted by Crippen LogP contribution is -2.13. The highest BCUT2D eigenvalue weighted by molar-refractivity contribution is 6.06. The Morgan fingerprint density at radius 3 is 2.28 bits per heavy atom. The number of aromatic amines is 1. The van der Waals surface area contributed by atoms with Crippen LogP contribution in [-0.2, 0) is 0 Å². The van der Waals surface area contributed by atoms with E-state index < -0.39 is 18.2 Å². The van der Waals surface area contributed by atoms with Crippen molar-refractivity contribution < 1.29 is 22.8 Å². The average Bonchev–Trinajstić information content (AvgIpc) is 3.38. The molecule has 0 atom stereocenters. The fourth-order valence-corrected chi connectivity index (χ4v) is 2.71. The number of benzene rings is 2. The van der Waals surface area contributed by atoms with Gasteiger partial charge in [-0.3, -0.25) is 9.59 Å². The van der Waals surface area contributed by atoms with Crippen LogP contribution in [0.2, 0.25) is 0 Å². The number of imidazole rings is 1. The number of hydrogen-bond acceptors (Lipinski definition) is 4. The summed E-state index contributed by atoms with van der Waals surface area (Å²) in [6.07, 6.45) is -1.31. The van der Waals surface area contributed by atoms with E-state index in [0.29, 0.717) is 22.4 Å². The molecule has 2 heterocycles. The lowest BCUT2D eigenvalue weighted by molar-refractivity contribution is 0.0994. The van der Waals surface area contributed by atoms with E-state index in [1.165, 1.54) is 24.5 Å². The van der Waals surface area contributed by atoms with Gasteiger partial charge in [-0.25, -0.2) is 13.8 Å². The smallest absolute Gasteiger partial charge is 0.295 e. The van der Waals surface area contributed by atoms with E-state index in [-0.39, 0.29) is 17.2 Å². The van der Waals surface area contributed by atoms with Gasteiger partial charge in [0.25, 0.3) is 18.2 Å². The van der Waals surface area contributed by atoms with Gasteiger partial charge in [-0.2, -0.15) is 0 Å². The van der Waals surface area contributed by atoms with Gasteiger partial charge in [0.15, 0.2) is 11.6 Å². The summed E-state index contributed by atoms with van der Waals surface area (Å²) in [6, 6.07) is 14.1. The summed E-state index contributed by atoms with van der Waals surface area (Å²) >= 11 is 0. The predicted molar refractivity (Wildman–Crippen MR) is 102 cm³/mol. The molecule has 0 aliphatic rings. The highest BCUT2D eigenvalue weighted by Crippen LogP contribution is 2.21. The van der Waals surface area contributed by atoms with Gasteiger partial charge in [0.2, 0.25) is 0 Å². The van der Waals surface area contributed by atoms with Crippen LogP contribution in [0.25, 0.3) is 11.0 Å². The Hall–Kier alpha value is -4.01. The van der Waals surface area contributed by atoms with Crippen molar-refractivity contribution in [3.05, 3.63) is 78.0 Å². The standard InChI is InChI=1S/C20H14F2N4O3/c21-17(22)18-25-14-8-3-11(10-15(14)26-18)19(27)23-12-4-6-13(7-5-12)24-20(28)16-2-1-9-29-16/h1-10,17H,(H,23,27)(H,24,28)(H,25,26). The van der Waals surface area contributed by atoms with Gasteiger partial charge < -0.3 is 20.0 Å². The highest BCUT2D eigenvalue weighted by Gasteiger charge is 2.14. The molecule has 7 nitrogen and oxygen atoms in total. The summed E-state index contributed by atoms with van der Waals surface area (Å²) in [5.74, 6) is -1.05. The molecule has 0 spiro atoms. The number of furan rings is 1. The lowest BCUT2D eigenvalue weighted by Gasteiger charge is -2.07. The molecule has 2 aromatic heterocycles. The average molecular weight is 396 g/mol. The van der Waals surface area contributed by atoms with Crippen LogP contribution in [0.4, 0.5) is 20.2 Å². The Morgan fingerprint density at radius 1 is 0.966 bits per heavy atom. The van der Waals surface area contributed by atoms with E-state index in [2.05, 4.69) is 20.6 Å². The number of halogens is 2. The van der Waals surface area contributed by atoms with Crippen molar-refractivity contribution in [2.45, 2.75) is 6.43 Å². The van der Waals surface area contributed by atoms with Crippen LogP contribution in [0.1, 0.15) is 33.2 Å². The number of fused-ring (bicyclic) bond motifs is 1. The van der Waals surface area contributed by atoms with Gasteiger partial charge in [-0.1, -0.05) is 0 Å². The third-order valence-electron chi connectivity index (χ3n) is 4.11. The molecule has 9 heteroatoms. The van der Waals surface area contributed by atoms with Gasteiger partial charge in [0.05, 0.1) is 17.3 Å². The fourth-order valence-electron chi connectivity index (χ4n) is 2.71. The zero-order valence-electron chi connectivity index (χ0n) is 14.8. The zero-order chi connectivity index (χ0) is 20.4. The Kier molecular flexibility index (Phi) is 4.78. The Morgan fingerprint density at radius 2 is 1.66 bits per heavy atom. The molecule has 4 aromatic rings. The van der Waals surface area contributed by atoms with Crippen molar-refractivity contribution in [1.82, 2.24) is 9.97 Å². The van der Waals surface area contributed by atoms with Crippen LogP contribution >= 0.6 is 0 Å². The molecule has 0 radical (unpaired) electrons. The number of amides is 2. The van der Waals surface area contributed by atoms with Crippen molar-refractivity contribution >= 4 is 34.2 Å². The zero-order valence-corrected chi connectivity index (χ0v) is 14.8. The maximum Gasteiger partial charge on any atom is 0.295 e. The molecule has 0 bridgehead atoms. The van der Waals surface area contributed by atoms with E-state index >= 15 is 0 Å². The minimum atomic E-state index is -2.72. The number of rotatable bonds is 5. The molecule has 4 rings (SSSR count). The SMILES string of the molecule is O=C(Nc1ccc(NC(=O)c2ccco2)cc1)c1ccc2nc(C(F)F)[nH]c2c1. The van der Waals surface area contributed by atoms with Crippen molar-refractivity contribution in [3.8, 4) is 0 Å². The van der Waals surface area contributed by atoms with Crippen molar-refractivity contribution in [3.63, 3.8) is 0 Å². The maximum absolute atomic E-state index is 12.7. The second kappa shape index (κ2) is 7.55. The molecular weight excluding hydrogens is 382 g/mol. The van der Waals surface area contributed by atoms with Crippen LogP contribution in [0, 0.1) is 0 Å². The summed E-state index contributed by atoms with van der Waals surface area (Å²) in [5.41, 5.74) is 2.03. The lowest BCUT2D eigenvalue weighted by atomic mass is 10.2. The van der Waals surface area contributed by atoms with Crippen LogP contribution in [0.3, 0.4) is 0 Å². The number of aromatic nitrogens is 2. The first kappa shape index (κ1) is 18.4. The van der Waals surface area contributed by atoms with Crippen LogP contribution < -0.4 is 10.6 Å². The molecule has 29 heavy (non-hydrogen) atoms. The monoisotopic (exact) mass is 396 g/mol. The molecular formula is C20H14F2N4O3. The summed E-state index contributed by atoms with van der Waals surface area (Å²) in [7, 11) is 0. The Balaban J connectivity index is 1.44. The first-order valence-corrected chi connectivity index (χ1v) is 8.54. The molecule has 0 unspecified atom stereocenters. The van der Waals surface area contributed by atoms with Crippen molar-refractivity contribution in [2.75, 3.05) is 10.6 Å². The second-order valence-electron chi connectivity index (χ2n) is 6.12. The van der Waals surface area contributed by atoms with Crippen LogP contribution in [0.5, 0.6) is 0 Å². The summed E-state index contributed by atoms with van der Waals surface area (Å²) < 4.78 is 30.5. The van der Waals surface area contributed by atoms with Gasteiger partial charge >= 0.3 is 0 Å². The molecule has 3 N–H and O–H groups in total. The molecule has 146 valence electrons. The summed E-state index contributed by atoms with van der Waals surface area (Å²) in [4.78, 5) is 30.7. The maximum atomic E-state index is 12.7. The van der Waals surface area contributed by atoms with Gasteiger partial charge in [0, 0.05) is 16.9 Å². The number of anilines is 2. The quantitative estimate of drug-likeness (QED) is 0.459. The predicted octanol–water partition coefficient (Wildman–Crippen LogP) is 4.60. The van der Waals surface area contributed by atoms with E-state index in [1.807, 2.05) is 0 Å². The highest BCUT2D eigenvalue weighted by atomic mass is 19.3. The minimum Gasteiger partial charge on any atom is -0.459 e. The number of H-pyrrole nitrogens is 1. The van der Waals surface area contributed by atoms with Gasteiger partial charge in [-0.15, -0.1) is 0 Å². The van der Waals surface area contributed by atoms with Gasteiger partial charge in [0.1, 0.15) is 0 Å². The third-order valence-corrected chi connectivity index (χ3v) is 4.11. The molecule has 0 saturated carbocycles. The molecule has 0 saturated heterocycles. The van der Waals surface area contributed by atoms with E-state index in [0.717, 1.165) is 0 Å². The van der Waals surface area contributed by atoms with Crippen molar-refractivity contribution in [2.24, 2.45) is 0 Å². The fraction of sp³-hybridized carbons (Fsp3) is 0.0500. The van der Waals surface area contributed by atoms with E-state index in [9.17, 15) is 18.4 Å². The normalized spacial score (nSPS) is 11.0. The number of nitrogens with zero attached hydrogens (tertiary/aromatic N) is 1. The Labute approximate surface area is 162 Å². The third kappa shape index (κ3) is 3.98. The van der Waals surface area contributed by atoms with Crippen LogP contribution in [-0.4, -0.2) is 21.8 Å². The number of alkyl halides is 2. The summed E-state index contributed by atoms with van der Waals surface area (Å²) in [5, 5.41) is 5.38. The van der Waals surface area contributed by atoms with E-state index in [4.69, 9.17) is 4.42 Å². The number of carbonyl (C=O) groups excluding carboxylic acids is 2. The van der Waals surface area contributed by atoms with Crippen LogP contribution in [0.15, 0.2) is 65.3 Å². The topological polar surface area (TPSA) is 100 Å². The molecule has 2 aromatic carbocycles. The Bertz CT molecular complexity index is 1170. The first-order chi connectivity index (χ1) is 14.0. The van der Waals surface area contributed by atoms with Gasteiger partial charge in [-0.05, 0) is 54.6 Å². The first-order valence-electron chi connectivity index (χ1n) is 8.54. The van der Waals surface area contributed by atoms with Crippen molar-refractivity contribution in [1.29, 1.82) is 0 Å². The molecule has 0 aliphatic carbocycles. The number of hydrogen-bond donors (Lipinski definition) is 3. The number of carbonyl (C=O) groups is 2.